The second-order valence-corrected chi connectivity index (χ2v) is 10.5. The van der Waals surface area contributed by atoms with E-state index >= 15 is 0 Å². The summed E-state index contributed by atoms with van der Waals surface area (Å²) >= 11 is 0. The van der Waals surface area contributed by atoms with Gasteiger partial charge in [-0.05, 0) is 31.5 Å². The average Bonchev–Trinajstić information content (AvgIpc) is 3.02. The molecular weight excluding hydrogens is 620 g/mol. The number of benzene rings is 1. The topological polar surface area (TPSA) is 177 Å². The Morgan fingerprint density at radius 3 is 2.30 bits per heavy atom. The molecule has 0 aliphatic carbocycles. The number of hydrogen-bond acceptors (Lipinski definition) is 10. The van der Waals surface area contributed by atoms with Crippen LogP contribution in [-0.4, -0.2) is 74.3 Å². The number of nitrogens with one attached hydrogen (secondary N) is 2. The van der Waals surface area contributed by atoms with Crippen LogP contribution in [0.5, 0.6) is 5.75 Å². The smallest absolute Gasteiger partial charge is 0.348 e. The minimum Gasteiger partial charge on any atom is -0.505 e. The van der Waals surface area contributed by atoms with Gasteiger partial charge < -0.3 is 30.3 Å². The van der Waals surface area contributed by atoms with Crippen LogP contribution in [-0.2, 0) is 36.7 Å². The first-order valence-electron chi connectivity index (χ1n) is 13.9. The number of aliphatic hydroxyl groups excluding tert-OH is 1. The number of carbonyl (C=O) groups excluding carboxylic acids is 4. The van der Waals surface area contributed by atoms with Crippen LogP contribution in [0.15, 0.2) is 48.7 Å². The Hall–Kier alpha value is -5.12. The number of amides is 2. The van der Waals surface area contributed by atoms with Gasteiger partial charge in [0.25, 0.3) is 11.9 Å². The highest BCUT2D eigenvalue weighted by Gasteiger charge is 2.41. The molecule has 6 unspecified atom stereocenters. The molecule has 6 atom stereocenters. The Labute approximate surface area is 258 Å². The quantitative estimate of drug-likeness (QED) is 0.175. The summed E-state index contributed by atoms with van der Waals surface area (Å²) in [6.07, 6.45) is -5.25. The Balaban J connectivity index is 1.75. The Morgan fingerprint density at radius 2 is 1.63 bits per heavy atom. The third kappa shape index (κ3) is 7.56. The second kappa shape index (κ2) is 14.3. The van der Waals surface area contributed by atoms with Crippen molar-refractivity contribution in [3.8, 4) is 5.75 Å². The zero-order chi connectivity index (χ0) is 33.7. The number of aliphatic hydroxyl groups is 1. The van der Waals surface area contributed by atoms with Gasteiger partial charge in [-0.3, -0.25) is 14.4 Å². The fourth-order valence-electron chi connectivity index (χ4n) is 4.68. The number of ether oxygens (including phenoxy) is 2. The molecule has 1 aliphatic rings. The van der Waals surface area contributed by atoms with Gasteiger partial charge in [0.05, 0.1) is 18.1 Å². The number of halogens is 4. The molecule has 3 heterocycles. The van der Waals surface area contributed by atoms with E-state index in [1.165, 1.54) is 19.2 Å². The summed E-state index contributed by atoms with van der Waals surface area (Å²) in [6, 6.07) is 7.12. The van der Waals surface area contributed by atoms with Crippen molar-refractivity contribution in [3.63, 3.8) is 0 Å². The molecule has 4 N–H and O–H groups in total. The van der Waals surface area contributed by atoms with Crippen molar-refractivity contribution in [1.82, 2.24) is 20.6 Å². The van der Waals surface area contributed by atoms with E-state index in [0.717, 1.165) is 13.0 Å². The van der Waals surface area contributed by atoms with Gasteiger partial charge in [-0.2, -0.15) is 18.2 Å². The number of nitrogens with zero attached hydrogens (tertiary/aromatic N) is 2. The van der Waals surface area contributed by atoms with Crippen molar-refractivity contribution in [1.29, 1.82) is 0 Å². The highest BCUT2D eigenvalue weighted by Crippen LogP contribution is 2.23. The third-order valence-electron chi connectivity index (χ3n) is 7.26. The maximum absolute atomic E-state index is 14.6. The summed E-state index contributed by atoms with van der Waals surface area (Å²) in [5.41, 5.74) is -1.15. The second-order valence-electron chi connectivity index (χ2n) is 10.5. The van der Waals surface area contributed by atoms with Crippen molar-refractivity contribution >= 4 is 23.8 Å². The molecule has 0 saturated carbocycles. The number of cyclic esters (lactones) is 2. The SMILES string of the molecule is CC1OC(=O)C(Cc2ccccc2)OC(=O)C(C)C(O)C(Cc2c(F)nc(F)c(F)c2F)NC(=O)C1NC(=O)c1ncccc1O. The van der Waals surface area contributed by atoms with Gasteiger partial charge in [0.1, 0.15) is 17.9 Å². The van der Waals surface area contributed by atoms with Gasteiger partial charge in [0, 0.05) is 24.6 Å². The summed E-state index contributed by atoms with van der Waals surface area (Å²) in [5.74, 6) is -14.7. The number of esters is 2. The van der Waals surface area contributed by atoms with Gasteiger partial charge in [0.15, 0.2) is 11.5 Å². The van der Waals surface area contributed by atoms with Crippen molar-refractivity contribution in [2.24, 2.45) is 5.92 Å². The van der Waals surface area contributed by atoms with E-state index in [4.69, 9.17) is 9.47 Å². The van der Waals surface area contributed by atoms with Crippen LogP contribution in [0.2, 0.25) is 0 Å². The molecule has 1 aliphatic heterocycles. The normalized spacial score (nSPS) is 24.1. The molecule has 16 heteroatoms. The number of hydrogen-bond donors (Lipinski definition) is 4. The van der Waals surface area contributed by atoms with Gasteiger partial charge in [-0.1, -0.05) is 30.3 Å². The molecule has 0 radical (unpaired) electrons. The molecule has 46 heavy (non-hydrogen) atoms. The van der Waals surface area contributed by atoms with Crippen LogP contribution < -0.4 is 10.6 Å². The lowest BCUT2D eigenvalue weighted by molar-refractivity contribution is -0.177. The summed E-state index contributed by atoms with van der Waals surface area (Å²) in [4.78, 5) is 59.5. The highest BCUT2D eigenvalue weighted by atomic mass is 19.2. The predicted octanol–water partition coefficient (Wildman–Crippen LogP) is 1.66. The summed E-state index contributed by atoms with van der Waals surface area (Å²) < 4.78 is 67.5. The minimum absolute atomic E-state index is 0.202. The molecular formula is C30H28F4N4O8. The van der Waals surface area contributed by atoms with E-state index in [0.29, 0.717) is 5.56 Å². The minimum atomic E-state index is -2.12. The predicted molar refractivity (Wildman–Crippen MR) is 148 cm³/mol. The number of aromatic hydroxyl groups is 1. The van der Waals surface area contributed by atoms with Gasteiger partial charge >= 0.3 is 11.9 Å². The zero-order valence-corrected chi connectivity index (χ0v) is 24.2. The fourth-order valence-corrected chi connectivity index (χ4v) is 4.68. The molecule has 2 amide bonds. The van der Waals surface area contributed by atoms with Crippen molar-refractivity contribution in [3.05, 3.63) is 89.0 Å². The van der Waals surface area contributed by atoms with Crippen LogP contribution in [0, 0.1) is 29.4 Å². The van der Waals surface area contributed by atoms with Gasteiger partial charge in [-0.25, -0.2) is 14.2 Å². The van der Waals surface area contributed by atoms with Crippen molar-refractivity contribution in [2.75, 3.05) is 0 Å². The standard InChI is InChI=1S/C30H28F4N4O8/c1-13-24(40)17(12-16-20(31)21(32)26(34)38-25(16)33)36-27(41)22(37-28(42)23-18(39)9-6-10-35-23)14(2)45-30(44)19(46-29(13)43)11-15-7-4-3-5-8-15/h3-10,13-14,17,19,22,24,39-40H,11-12H2,1-2H3,(H,36,41)(H,37,42). The Bertz CT molecular complexity index is 1630. The fraction of sp³-hybridized carbons (Fsp3) is 0.333. The summed E-state index contributed by atoms with van der Waals surface area (Å²) in [7, 11) is 0. The van der Waals surface area contributed by atoms with E-state index in [9.17, 15) is 47.0 Å². The van der Waals surface area contributed by atoms with Crippen molar-refractivity contribution < 1.29 is 56.4 Å². The Morgan fingerprint density at radius 1 is 0.935 bits per heavy atom. The van der Waals surface area contributed by atoms with E-state index in [-0.39, 0.29) is 6.42 Å². The number of rotatable bonds is 6. The molecule has 1 fully saturated rings. The first-order valence-corrected chi connectivity index (χ1v) is 13.9. The van der Waals surface area contributed by atoms with E-state index in [1.54, 1.807) is 30.3 Å². The summed E-state index contributed by atoms with van der Waals surface area (Å²) in [6.45, 7) is 2.32. The van der Waals surface area contributed by atoms with Crippen LogP contribution in [0.25, 0.3) is 0 Å². The lowest BCUT2D eigenvalue weighted by Gasteiger charge is -2.33. The van der Waals surface area contributed by atoms with Crippen molar-refractivity contribution in [2.45, 2.75) is 57.1 Å². The number of aromatic nitrogens is 2. The molecule has 1 saturated heterocycles. The maximum Gasteiger partial charge on any atom is 0.348 e. The summed E-state index contributed by atoms with van der Waals surface area (Å²) in [5, 5.41) is 25.7. The molecule has 0 spiro atoms. The number of pyridine rings is 2. The van der Waals surface area contributed by atoms with Crippen LogP contribution >= 0.6 is 0 Å². The van der Waals surface area contributed by atoms with E-state index < -0.39 is 107 Å². The maximum atomic E-state index is 14.6. The van der Waals surface area contributed by atoms with E-state index in [2.05, 4.69) is 20.6 Å². The monoisotopic (exact) mass is 648 g/mol. The van der Waals surface area contributed by atoms with Crippen LogP contribution in [0.1, 0.15) is 35.5 Å². The first kappa shape index (κ1) is 33.8. The molecule has 3 aromatic rings. The third-order valence-corrected chi connectivity index (χ3v) is 7.26. The largest absolute Gasteiger partial charge is 0.505 e. The lowest BCUT2D eigenvalue weighted by Crippen LogP contribution is -2.59. The number of carbonyl (C=O) groups is 4. The van der Waals surface area contributed by atoms with Gasteiger partial charge in [-0.15, -0.1) is 0 Å². The van der Waals surface area contributed by atoms with E-state index in [1.807, 2.05) is 0 Å². The van der Waals surface area contributed by atoms with Crippen LogP contribution in [0.4, 0.5) is 17.6 Å². The van der Waals surface area contributed by atoms with Crippen LogP contribution in [0.3, 0.4) is 0 Å². The Kier molecular flexibility index (Phi) is 10.5. The molecule has 1 aromatic carbocycles. The molecule has 0 bridgehead atoms. The highest BCUT2D eigenvalue weighted by molar-refractivity contribution is 5.98. The molecule has 12 nitrogen and oxygen atoms in total. The molecule has 4 rings (SSSR count). The average molecular weight is 649 g/mol. The molecule has 2 aromatic heterocycles. The first-order chi connectivity index (χ1) is 21.8. The lowest BCUT2D eigenvalue weighted by atomic mass is 9.92. The molecule has 244 valence electrons. The van der Waals surface area contributed by atoms with Gasteiger partial charge in [0.2, 0.25) is 23.8 Å². The zero-order valence-electron chi connectivity index (χ0n) is 24.2.